The van der Waals surface area contributed by atoms with Crippen LogP contribution < -0.4 is 4.74 Å². The summed E-state index contributed by atoms with van der Waals surface area (Å²) in [6, 6.07) is 14.4. The van der Waals surface area contributed by atoms with Gasteiger partial charge in [0.1, 0.15) is 5.75 Å². The Morgan fingerprint density at radius 1 is 1.08 bits per heavy atom. The molecule has 1 aliphatic heterocycles. The first-order valence-electron chi connectivity index (χ1n) is 7.20. The number of methoxy groups -OCH3 is 1. The minimum Gasteiger partial charge on any atom is -0.497 e. The van der Waals surface area contributed by atoms with E-state index in [1.165, 1.54) is 4.90 Å². The van der Waals surface area contributed by atoms with E-state index in [0.29, 0.717) is 9.93 Å². The van der Waals surface area contributed by atoms with E-state index >= 15 is 0 Å². The summed E-state index contributed by atoms with van der Waals surface area (Å²) in [4.78, 5) is 26.3. The van der Waals surface area contributed by atoms with E-state index in [0.717, 1.165) is 28.6 Å². The van der Waals surface area contributed by atoms with Gasteiger partial charge in [0.2, 0.25) is 0 Å². The number of carbonyl (C=O) groups is 2. The van der Waals surface area contributed by atoms with Gasteiger partial charge in [-0.3, -0.25) is 14.5 Å². The lowest BCUT2D eigenvalue weighted by Crippen LogP contribution is -2.27. The number of rotatable bonds is 4. The molecule has 0 aromatic heterocycles. The number of thioether (sulfide) groups is 1. The first kappa shape index (κ1) is 16.6. The molecule has 1 heterocycles. The van der Waals surface area contributed by atoms with Gasteiger partial charge in [0.15, 0.2) is 0 Å². The summed E-state index contributed by atoms with van der Waals surface area (Å²) in [6.07, 6.45) is 1.71. The highest BCUT2D eigenvalue weighted by Crippen LogP contribution is 2.33. The molecule has 24 heavy (non-hydrogen) atoms. The Hall–Kier alpha value is -2.24. The van der Waals surface area contributed by atoms with E-state index in [1.807, 2.05) is 24.3 Å². The van der Waals surface area contributed by atoms with Crippen LogP contribution in [0.2, 0.25) is 5.02 Å². The molecule has 0 radical (unpaired) electrons. The normalized spacial score (nSPS) is 16.1. The smallest absolute Gasteiger partial charge is 0.293 e. The zero-order valence-electron chi connectivity index (χ0n) is 12.9. The SMILES string of the molecule is COc1ccc(C=C2SC(=O)N(Cc3ccc(Cl)cc3)C2=O)cc1. The maximum Gasteiger partial charge on any atom is 0.293 e. The van der Waals surface area contributed by atoms with Gasteiger partial charge in [-0.15, -0.1) is 0 Å². The molecule has 0 atom stereocenters. The minimum atomic E-state index is -0.282. The van der Waals surface area contributed by atoms with Crippen LogP contribution >= 0.6 is 23.4 Å². The van der Waals surface area contributed by atoms with Crippen LogP contribution in [0.4, 0.5) is 4.79 Å². The molecular formula is C18H14ClNO3S. The van der Waals surface area contributed by atoms with Crippen molar-refractivity contribution in [3.8, 4) is 5.75 Å². The molecule has 0 N–H and O–H groups in total. The molecule has 0 bridgehead atoms. The molecule has 0 spiro atoms. The topological polar surface area (TPSA) is 46.6 Å². The highest BCUT2D eigenvalue weighted by Gasteiger charge is 2.34. The monoisotopic (exact) mass is 359 g/mol. The van der Waals surface area contributed by atoms with Crippen LogP contribution in [0, 0.1) is 0 Å². The number of ether oxygens (including phenoxy) is 1. The number of benzene rings is 2. The van der Waals surface area contributed by atoms with Gasteiger partial charge in [0.05, 0.1) is 18.6 Å². The minimum absolute atomic E-state index is 0.238. The van der Waals surface area contributed by atoms with Crippen LogP contribution in [0.25, 0.3) is 6.08 Å². The molecule has 0 saturated carbocycles. The second-order valence-electron chi connectivity index (χ2n) is 5.17. The van der Waals surface area contributed by atoms with Crippen molar-refractivity contribution in [2.75, 3.05) is 7.11 Å². The standard InChI is InChI=1S/C18H14ClNO3S/c1-23-15-8-4-12(5-9-15)10-16-17(21)20(18(22)24-16)11-13-2-6-14(19)7-3-13/h2-10H,11H2,1H3. The second-order valence-corrected chi connectivity index (χ2v) is 6.60. The van der Waals surface area contributed by atoms with Gasteiger partial charge in [0.25, 0.3) is 11.1 Å². The number of hydrogen-bond donors (Lipinski definition) is 0. The summed E-state index contributed by atoms with van der Waals surface area (Å²) in [6.45, 7) is 0.238. The molecule has 6 heteroatoms. The fraction of sp³-hybridized carbons (Fsp3) is 0.111. The van der Waals surface area contributed by atoms with E-state index in [2.05, 4.69) is 0 Å². The summed E-state index contributed by atoms with van der Waals surface area (Å²) in [5, 5.41) is 0.349. The summed E-state index contributed by atoms with van der Waals surface area (Å²) >= 11 is 6.80. The van der Waals surface area contributed by atoms with Crippen molar-refractivity contribution in [3.05, 3.63) is 69.6 Å². The Morgan fingerprint density at radius 2 is 1.75 bits per heavy atom. The van der Waals surface area contributed by atoms with E-state index in [1.54, 1.807) is 37.5 Å². The fourth-order valence-electron chi connectivity index (χ4n) is 2.26. The van der Waals surface area contributed by atoms with E-state index < -0.39 is 0 Å². The third-order valence-electron chi connectivity index (χ3n) is 3.54. The number of hydrogen-bond acceptors (Lipinski definition) is 4. The van der Waals surface area contributed by atoms with Gasteiger partial charge in [0, 0.05) is 5.02 Å². The Morgan fingerprint density at radius 3 is 2.38 bits per heavy atom. The molecule has 3 rings (SSSR count). The molecular weight excluding hydrogens is 346 g/mol. The van der Waals surface area contributed by atoms with Gasteiger partial charge < -0.3 is 4.74 Å². The molecule has 2 aromatic rings. The molecule has 0 unspecified atom stereocenters. The number of nitrogens with zero attached hydrogens (tertiary/aromatic N) is 1. The molecule has 122 valence electrons. The predicted octanol–water partition coefficient (Wildman–Crippen LogP) is 4.59. The number of amides is 2. The molecule has 4 nitrogen and oxygen atoms in total. The highest BCUT2D eigenvalue weighted by atomic mass is 35.5. The second kappa shape index (κ2) is 7.11. The largest absolute Gasteiger partial charge is 0.497 e. The average Bonchev–Trinajstić information content (AvgIpc) is 2.85. The van der Waals surface area contributed by atoms with E-state index in [9.17, 15) is 9.59 Å². The van der Waals surface area contributed by atoms with Gasteiger partial charge in [-0.25, -0.2) is 0 Å². The van der Waals surface area contributed by atoms with Crippen molar-refractivity contribution in [3.63, 3.8) is 0 Å². The predicted molar refractivity (Wildman–Crippen MR) is 96.0 cm³/mol. The van der Waals surface area contributed by atoms with Gasteiger partial charge >= 0.3 is 0 Å². The third kappa shape index (κ3) is 3.63. The van der Waals surface area contributed by atoms with Crippen LogP contribution in [0.1, 0.15) is 11.1 Å². The first-order valence-corrected chi connectivity index (χ1v) is 8.40. The van der Waals surface area contributed by atoms with Crippen LogP contribution in [-0.2, 0) is 11.3 Å². The Kier molecular flexibility index (Phi) is 4.92. The number of carbonyl (C=O) groups excluding carboxylic acids is 2. The van der Waals surface area contributed by atoms with Crippen molar-refractivity contribution in [1.29, 1.82) is 0 Å². The number of halogens is 1. The highest BCUT2D eigenvalue weighted by molar-refractivity contribution is 8.18. The van der Waals surface area contributed by atoms with E-state index in [-0.39, 0.29) is 17.7 Å². The molecule has 1 saturated heterocycles. The first-order chi connectivity index (χ1) is 11.6. The zero-order valence-corrected chi connectivity index (χ0v) is 14.4. The van der Waals surface area contributed by atoms with Crippen LogP contribution in [0.5, 0.6) is 5.75 Å². The third-order valence-corrected chi connectivity index (χ3v) is 4.70. The lowest BCUT2D eigenvalue weighted by molar-refractivity contribution is -0.123. The maximum absolute atomic E-state index is 12.5. The van der Waals surface area contributed by atoms with Crippen LogP contribution in [0.15, 0.2) is 53.4 Å². The maximum atomic E-state index is 12.5. The molecule has 2 aromatic carbocycles. The number of imide groups is 1. The van der Waals surface area contributed by atoms with Crippen molar-refractivity contribution >= 4 is 40.6 Å². The van der Waals surface area contributed by atoms with Crippen molar-refractivity contribution in [2.45, 2.75) is 6.54 Å². The lowest BCUT2D eigenvalue weighted by Gasteiger charge is -2.12. The summed E-state index contributed by atoms with van der Waals surface area (Å²) in [5.74, 6) is 0.457. The zero-order chi connectivity index (χ0) is 17.1. The quantitative estimate of drug-likeness (QED) is 0.749. The summed E-state index contributed by atoms with van der Waals surface area (Å²) in [5.41, 5.74) is 1.69. The van der Waals surface area contributed by atoms with Crippen molar-refractivity contribution < 1.29 is 14.3 Å². The van der Waals surface area contributed by atoms with Crippen molar-refractivity contribution in [1.82, 2.24) is 4.90 Å². The fourth-order valence-corrected chi connectivity index (χ4v) is 3.22. The molecule has 1 fully saturated rings. The van der Waals surface area contributed by atoms with E-state index in [4.69, 9.17) is 16.3 Å². The van der Waals surface area contributed by atoms with Crippen molar-refractivity contribution in [2.24, 2.45) is 0 Å². The lowest BCUT2D eigenvalue weighted by atomic mass is 10.2. The molecule has 2 amide bonds. The Bertz CT molecular complexity index is 800. The summed E-state index contributed by atoms with van der Waals surface area (Å²) < 4.78 is 5.10. The van der Waals surface area contributed by atoms with Gasteiger partial charge in [-0.1, -0.05) is 35.9 Å². The molecule has 1 aliphatic rings. The Balaban J connectivity index is 1.77. The van der Waals surface area contributed by atoms with Crippen LogP contribution in [0.3, 0.4) is 0 Å². The van der Waals surface area contributed by atoms with Gasteiger partial charge in [-0.2, -0.15) is 0 Å². The van der Waals surface area contributed by atoms with Crippen LogP contribution in [-0.4, -0.2) is 23.2 Å². The average molecular weight is 360 g/mol. The molecule has 0 aliphatic carbocycles. The summed E-state index contributed by atoms with van der Waals surface area (Å²) in [7, 11) is 1.59. The Labute approximate surface area is 149 Å². The van der Waals surface area contributed by atoms with Gasteiger partial charge in [-0.05, 0) is 53.2 Å².